The van der Waals surface area contributed by atoms with Crippen molar-refractivity contribution in [2.24, 2.45) is 5.73 Å². The second-order valence-electron chi connectivity index (χ2n) is 6.49. The van der Waals surface area contributed by atoms with E-state index < -0.39 is 41.6 Å². The number of carbonyl (C=O) groups is 3. The van der Waals surface area contributed by atoms with Crippen molar-refractivity contribution in [3.8, 4) is 0 Å². The molecule has 21 heavy (non-hydrogen) atoms. The molecule has 4 N–H and O–H groups in total. The van der Waals surface area contributed by atoms with E-state index in [0.717, 1.165) is 0 Å². The van der Waals surface area contributed by atoms with Crippen LogP contribution in [0.1, 0.15) is 34.1 Å². The van der Waals surface area contributed by atoms with E-state index in [-0.39, 0.29) is 0 Å². The molecule has 0 spiro atoms. The number of carbonyl (C=O) groups excluding carboxylic acids is 2. The normalized spacial score (nSPS) is 21.4. The summed E-state index contributed by atoms with van der Waals surface area (Å²) in [5.74, 6) is -2.08. The van der Waals surface area contributed by atoms with Gasteiger partial charge in [0.1, 0.15) is 6.04 Å². The summed E-state index contributed by atoms with van der Waals surface area (Å²) in [6.45, 7) is 8.06. The number of aliphatic carboxylic acids is 1. The molecule has 1 rings (SSSR count). The molecule has 8 nitrogen and oxygen atoms in total. The highest BCUT2D eigenvalue weighted by molar-refractivity contribution is 5.87. The fourth-order valence-corrected chi connectivity index (χ4v) is 2.57. The molecule has 0 saturated carbocycles. The number of primary amides is 1. The fourth-order valence-electron chi connectivity index (χ4n) is 2.57. The van der Waals surface area contributed by atoms with E-state index in [1.54, 1.807) is 0 Å². The van der Waals surface area contributed by atoms with Crippen LogP contribution in [0.4, 0.5) is 4.79 Å². The first-order valence-electron chi connectivity index (χ1n) is 6.69. The maximum Gasteiger partial charge on any atom is 0.326 e. The van der Waals surface area contributed by atoms with Crippen molar-refractivity contribution in [2.45, 2.75) is 51.4 Å². The number of nitrogens with one attached hydrogen (secondary N) is 1. The molecule has 1 heterocycles. The van der Waals surface area contributed by atoms with E-state index in [1.807, 2.05) is 27.7 Å². The molecule has 1 saturated heterocycles. The minimum atomic E-state index is -1.33. The van der Waals surface area contributed by atoms with Gasteiger partial charge in [0.2, 0.25) is 5.91 Å². The quantitative estimate of drug-likeness (QED) is 0.670. The van der Waals surface area contributed by atoms with Crippen LogP contribution in [0.2, 0.25) is 0 Å². The van der Waals surface area contributed by atoms with Gasteiger partial charge in [0, 0.05) is 0 Å². The van der Waals surface area contributed by atoms with E-state index in [4.69, 9.17) is 15.6 Å². The average Bonchev–Trinajstić information content (AvgIpc) is 2.22. The summed E-state index contributed by atoms with van der Waals surface area (Å²) in [4.78, 5) is 35.6. The lowest BCUT2D eigenvalue weighted by Crippen LogP contribution is -2.61. The minimum absolute atomic E-state index is 0.325. The van der Waals surface area contributed by atoms with Crippen molar-refractivity contribution < 1.29 is 24.2 Å². The molecular formula is C13H23N3O5. The van der Waals surface area contributed by atoms with E-state index in [9.17, 15) is 14.4 Å². The van der Waals surface area contributed by atoms with Gasteiger partial charge in [-0.15, -0.1) is 0 Å². The smallest absolute Gasteiger partial charge is 0.326 e. The first-order valence-corrected chi connectivity index (χ1v) is 6.69. The molecule has 1 aliphatic rings. The van der Waals surface area contributed by atoms with Gasteiger partial charge in [-0.05, 0) is 27.7 Å². The molecule has 120 valence electrons. The lowest BCUT2D eigenvalue weighted by Gasteiger charge is -2.47. The Morgan fingerprint density at radius 3 is 2.10 bits per heavy atom. The second kappa shape index (κ2) is 5.88. The van der Waals surface area contributed by atoms with Crippen LogP contribution in [-0.2, 0) is 14.3 Å². The van der Waals surface area contributed by atoms with Crippen LogP contribution >= 0.6 is 0 Å². The van der Waals surface area contributed by atoms with Crippen LogP contribution in [0.5, 0.6) is 0 Å². The number of nitrogens with two attached hydrogens (primary N) is 1. The maximum atomic E-state index is 12.2. The Bertz CT molecular complexity index is 431. The van der Waals surface area contributed by atoms with Crippen LogP contribution in [0.3, 0.4) is 0 Å². The molecule has 0 aromatic carbocycles. The highest BCUT2D eigenvalue weighted by Gasteiger charge is 2.40. The number of rotatable bonds is 4. The Balaban J connectivity index is 2.77. The molecule has 0 unspecified atom stereocenters. The molecular weight excluding hydrogens is 278 g/mol. The number of morpholine rings is 1. The summed E-state index contributed by atoms with van der Waals surface area (Å²) in [6.07, 6.45) is -0.446. The van der Waals surface area contributed by atoms with Crippen molar-refractivity contribution in [1.82, 2.24) is 10.2 Å². The van der Waals surface area contributed by atoms with E-state index in [2.05, 4.69) is 5.32 Å². The highest BCUT2D eigenvalue weighted by Crippen LogP contribution is 2.27. The summed E-state index contributed by atoms with van der Waals surface area (Å²) in [6, 6.07) is -1.88. The Morgan fingerprint density at radius 2 is 1.71 bits per heavy atom. The third kappa shape index (κ3) is 5.22. The molecule has 0 aromatic rings. The summed E-state index contributed by atoms with van der Waals surface area (Å²) < 4.78 is 5.85. The minimum Gasteiger partial charge on any atom is -0.480 e. The lowest BCUT2D eigenvalue weighted by atomic mass is 9.99. The zero-order chi connectivity index (χ0) is 16.4. The Kier molecular flexibility index (Phi) is 4.83. The number of amides is 3. The second-order valence-corrected chi connectivity index (χ2v) is 6.49. The van der Waals surface area contributed by atoms with Gasteiger partial charge in [-0.25, -0.2) is 9.59 Å². The Labute approximate surface area is 123 Å². The number of hydrogen-bond acceptors (Lipinski definition) is 4. The van der Waals surface area contributed by atoms with E-state index in [0.29, 0.717) is 13.1 Å². The van der Waals surface area contributed by atoms with Gasteiger partial charge in [0.25, 0.3) is 0 Å². The summed E-state index contributed by atoms with van der Waals surface area (Å²) in [7, 11) is 0. The molecule has 0 radical (unpaired) electrons. The molecule has 1 fully saturated rings. The van der Waals surface area contributed by atoms with Crippen molar-refractivity contribution in [1.29, 1.82) is 0 Å². The van der Waals surface area contributed by atoms with Crippen LogP contribution in [-0.4, -0.2) is 58.2 Å². The van der Waals surface area contributed by atoms with Crippen LogP contribution in [0.25, 0.3) is 0 Å². The van der Waals surface area contributed by atoms with Crippen LogP contribution in [0, 0.1) is 0 Å². The maximum absolute atomic E-state index is 12.2. The number of urea groups is 1. The van der Waals surface area contributed by atoms with Gasteiger partial charge in [-0.2, -0.15) is 0 Å². The number of carboxylic acid groups (broad SMARTS) is 1. The summed E-state index contributed by atoms with van der Waals surface area (Å²) in [5, 5.41) is 11.3. The number of hydrogen-bond donors (Lipinski definition) is 3. The first-order chi connectivity index (χ1) is 9.42. The van der Waals surface area contributed by atoms with Crippen molar-refractivity contribution >= 4 is 17.9 Å². The number of nitrogens with zero attached hydrogens (tertiary/aromatic N) is 1. The zero-order valence-corrected chi connectivity index (χ0v) is 12.8. The van der Waals surface area contributed by atoms with Gasteiger partial charge in [0.05, 0.1) is 30.7 Å². The topological polar surface area (TPSA) is 122 Å². The monoisotopic (exact) mass is 301 g/mol. The molecule has 0 aromatic heterocycles. The Hall–Kier alpha value is -1.83. The molecule has 0 bridgehead atoms. The fraction of sp³-hybridized carbons (Fsp3) is 0.769. The molecule has 1 atom stereocenters. The SMILES string of the molecule is CC1(C)CN(C(=O)N[C@H](CC(N)=O)C(=O)O)CC(C)(C)O1. The van der Waals surface area contributed by atoms with E-state index >= 15 is 0 Å². The van der Waals surface area contributed by atoms with E-state index in [1.165, 1.54) is 4.90 Å². The van der Waals surface area contributed by atoms with Gasteiger partial charge >= 0.3 is 12.0 Å². The lowest BCUT2D eigenvalue weighted by molar-refractivity contribution is -0.170. The van der Waals surface area contributed by atoms with Crippen LogP contribution in [0.15, 0.2) is 0 Å². The molecule has 8 heteroatoms. The van der Waals surface area contributed by atoms with Gasteiger partial charge in [0.15, 0.2) is 0 Å². The first kappa shape index (κ1) is 17.2. The number of ether oxygens (including phenoxy) is 1. The van der Waals surface area contributed by atoms with Gasteiger partial charge < -0.3 is 25.8 Å². The van der Waals surface area contributed by atoms with Crippen molar-refractivity contribution in [3.05, 3.63) is 0 Å². The van der Waals surface area contributed by atoms with Crippen molar-refractivity contribution in [2.75, 3.05) is 13.1 Å². The van der Waals surface area contributed by atoms with Gasteiger partial charge in [-0.1, -0.05) is 0 Å². The molecule has 3 amide bonds. The van der Waals surface area contributed by atoms with Gasteiger partial charge in [-0.3, -0.25) is 4.79 Å². The predicted molar refractivity (Wildman–Crippen MR) is 74.6 cm³/mol. The third-order valence-corrected chi connectivity index (χ3v) is 2.98. The molecule has 0 aliphatic carbocycles. The summed E-state index contributed by atoms with van der Waals surface area (Å²) in [5.41, 5.74) is 3.90. The Morgan fingerprint density at radius 1 is 1.24 bits per heavy atom. The largest absolute Gasteiger partial charge is 0.480 e. The van der Waals surface area contributed by atoms with Crippen LogP contribution < -0.4 is 11.1 Å². The molecule has 1 aliphatic heterocycles. The number of carboxylic acids is 1. The highest BCUT2D eigenvalue weighted by atomic mass is 16.5. The standard InChI is InChI=1S/C13H23N3O5/c1-12(2)6-16(7-13(3,4)21-12)11(20)15-8(10(18)19)5-9(14)17/h8H,5-7H2,1-4H3,(H2,14,17)(H,15,20)(H,18,19)/t8-/m1/s1. The predicted octanol–water partition coefficient (Wildman–Crippen LogP) is -0.0860. The average molecular weight is 301 g/mol. The third-order valence-electron chi connectivity index (χ3n) is 2.98. The summed E-state index contributed by atoms with van der Waals surface area (Å²) >= 11 is 0. The zero-order valence-electron chi connectivity index (χ0n) is 12.8. The van der Waals surface area contributed by atoms with Crippen molar-refractivity contribution in [3.63, 3.8) is 0 Å².